The van der Waals surface area contributed by atoms with Crippen LogP contribution in [0.5, 0.6) is 11.5 Å². The number of anilines is 1. The second-order valence-corrected chi connectivity index (χ2v) is 4.53. The third-order valence-electron chi connectivity index (χ3n) is 3.09. The topological polar surface area (TPSA) is 56.5 Å². The molecule has 4 heteroatoms. The number of hydrogen-bond donors (Lipinski definition) is 2. The van der Waals surface area contributed by atoms with Gasteiger partial charge in [0.15, 0.2) is 11.5 Å². The first kappa shape index (κ1) is 14.2. The zero-order valence-electron chi connectivity index (χ0n) is 11.8. The van der Waals surface area contributed by atoms with Crippen LogP contribution in [0.4, 0.5) is 5.69 Å². The Kier molecular flexibility index (Phi) is 4.85. The molecule has 20 heavy (non-hydrogen) atoms. The van der Waals surface area contributed by atoms with E-state index in [-0.39, 0.29) is 0 Å². The van der Waals surface area contributed by atoms with E-state index in [9.17, 15) is 0 Å². The Hall–Kier alpha value is -2.20. The minimum absolute atomic E-state index is 0.745. The number of rotatable bonds is 6. The van der Waals surface area contributed by atoms with Gasteiger partial charge in [-0.15, -0.1) is 0 Å². The monoisotopic (exact) mass is 272 g/mol. The minimum Gasteiger partial charge on any atom is -0.493 e. The molecule has 0 unspecified atom stereocenters. The molecular formula is C16H20N2O2. The first-order valence-corrected chi connectivity index (χ1v) is 6.49. The highest BCUT2D eigenvalue weighted by Crippen LogP contribution is 2.27. The molecule has 2 aromatic rings. The van der Waals surface area contributed by atoms with E-state index in [1.165, 1.54) is 5.56 Å². The molecule has 3 N–H and O–H groups in total. The van der Waals surface area contributed by atoms with Crippen LogP contribution < -0.4 is 20.5 Å². The van der Waals surface area contributed by atoms with E-state index < -0.39 is 0 Å². The van der Waals surface area contributed by atoms with Crippen molar-refractivity contribution in [3.8, 4) is 11.5 Å². The Labute approximate surface area is 119 Å². The van der Waals surface area contributed by atoms with Gasteiger partial charge < -0.3 is 20.5 Å². The molecule has 0 aliphatic carbocycles. The summed E-state index contributed by atoms with van der Waals surface area (Å²) in [5.41, 5.74) is 8.80. The molecule has 0 bridgehead atoms. The van der Waals surface area contributed by atoms with Gasteiger partial charge in [0, 0.05) is 18.8 Å². The molecule has 0 saturated carbocycles. The molecule has 0 aliphatic rings. The van der Waals surface area contributed by atoms with Gasteiger partial charge >= 0.3 is 0 Å². The number of methoxy groups -OCH3 is 2. The van der Waals surface area contributed by atoms with Gasteiger partial charge in [0.25, 0.3) is 0 Å². The zero-order valence-corrected chi connectivity index (χ0v) is 11.8. The second kappa shape index (κ2) is 6.82. The lowest BCUT2D eigenvalue weighted by Crippen LogP contribution is -2.12. The smallest absolute Gasteiger partial charge is 0.161 e. The van der Waals surface area contributed by atoms with Gasteiger partial charge in [-0.1, -0.05) is 18.2 Å². The highest BCUT2D eigenvalue weighted by atomic mass is 16.5. The summed E-state index contributed by atoms with van der Waals surface area (Å²) in [5, 5.41) is 3.39. The highest BCUT2D eigenvalue weighted by molar-refractivity contribution is 5.43. The SMILES string of the molecule is COc1ccc(CNCc2ccc(N)cc2)cc1OC. The average molecular weight is 272 g/mol. The molecule has 2 aromatic carbocycles. The van der Waals surface area contributed by atoms with Gasteiger partial charge in [-0.2, -0.15) is 0 Å². The largest absolute Gasteiger partial charge is 0.493 e. The van der Waals surface area contributed by atoms with Gasteiger partial charge in [0.2, 0.25) is 0 Å². The van der Waals surface area contributed by atoms with Crippen molar-refractivity contribution in [1.29, 1.82) is 0 Å². The summed E-state index contributed by atoms with van der Waals surface area (Å²) in [4.78, 5) is 0. The predicted molar refractivity (Wildman–Crippen MR) is 80.9 cm³/mol. The fraction of sp³-hybridized carbons (Fsp3) is 0.250. The Morgan fingerprint density at radius 2 is 1.45 bits per heavy atom. The molecule has 0 fully saturated rings. The van der Waals surface area contributed by atoms with Crippen molar-refractivity contribution in [1.82, 2.24) is 5.32 Å². The predicted octanol–water partition coefficient (Wildman–Crippen LogP) is 2.58. The quantitative estimate of drug-likeness (QED) is 0.794. The second-order valence-electron chi connectivity index (χ2n) is 4.53. The van der Waals surface area contributed by atoms with E-state index in [1.54, 1.807) is 14.2 Å². The van der Waals surface area contributed by atoms with Crippen LogP contribution in [0.15, 0.2) is 42.5 Å². The van der Waals surface area contributed by atoms with Gasteiger partial charge in [0.1, 0.15) is 0 Å². The van der Waals surface area contributed by atoms with Crippen molar-refractivity contribution in [2.45, 2.75) is 13.1 Å². The Morgan fingerprint density at radius 1 is 0.850 bits per heavy atom. The highest BCUT2D eigenvalue weighted by Gasteiger charge is 2.04. The lowest BCUT2D eigenvalue weighted by Gasteiger charge is -2.10. The molecule has 0 spiro atoms. The van der Waals surface area contributed by atoms with Crippen LogP contribution >= 0.6 is 0 Å². The number of benzene rings is 2. The summed E-state index contributed by atoms with van der Waals surface area (Å²) < 4.78 is 10.5. The van der Waals surface area contributed by atoms with E-state index in [0.717, 1.165) is 35.8 Å². The van der Waals surface area contributed by atoms with Crippen molar-refractivity contribution in [2.75, 3.05) is 20.0 Å². The van der Waals surface area contributed by atoms with E-state index in [2.05, 4.69) is 5.32 Å². The van der Waals surface area contributed by atoms with Crippen LogP contribution in [0.3, 0.4) is 0 Å². The lowest BCUT2D eigenvalue weighted by atomic mass is 10.1. The fourth-order valence-corrected chi connectivity index (χ4v) is 1.98. The van der Waals surface area contributed by atoms with Crippen LogP contribution in [0, 0.1) is 0 Å². The molecule has 0 atom stereocenters. The third-order valence-corrected chi connectivity index (χ3v) is 3.09. The average Bonchev–Trinajstić information content (AvgIpc) is 2.49. The maximum atomic E-state index is 5.66. The molecule has 0 saturated heterocycles. The first-order valence-electron chi connectivity index (χ1n) is 6.49. The van der Waals surface area contributed by atoms with Gasteiger partial charge in [-0.05, 0) is 35.4 Å². The van der Waals surface area contributed by atoms with E-state index >= 15 is 0 Å². The number of nitrogens with one attached hydrogen (secondary N) is 1. The summed E-state index contributed by atoms with van der Waals surface area (Å²) in [6.07, 6.45) is 0. The summed E-state index contributed by atoms with van der Waals surface area (Å²) in [6, 6.07) is 13.8. The van der Waals surface area contributed by atoms with Crippen molar-refractivity contribution in [2.24, 2.45) is 0 Å². The summed E-state index contributed by atoms with van der Waals surface area (Å²) in [6.45, 7) is 1.57. The minimum atomic E-state index is 0.745. The molecular weight excluding hydrogens is 252 g/mol. The maximum Gasteiger partial charge on any atom is 0.161 e. The van der Waals surface area contributed by atoms with Crippen LogP contribution in [0.25, 0.3) is 0 Å². The van der Waals surface area contributed by atoms with Crippen LogP contribution in [-0.2, 0) is 13.1 Å². The van der Waals surface area contributed by atoms with E-state index in [4.69, 9.17) is 15.2 Å². The van der Waals surface area contributed by atoms with E-state index in [0.29, 0.717) is 0 Å². The van der Waals surface area contributed by atoms with Crippen molar-refractivity contribution < 1.29 is 9.47 Å². The number of ether oxygens (including phenoxy) is 2. The van der Waals surface area contributed by atoms with E-state index in [1.807, 2.05) is 42.5 Å². The number of nitrogens with two attached hydrogens (primary N) is 1. The maximum absolute atomic E-state index is 5.66. The number of hydrogen-bond acceptors (Lipinski definition) is 4. The van der Waals surface area contributed by atoms with Gasteiger partial charge in [0.05, 0.1) is 14.2 Å². The fourth-order valence-electron chi connectivity index (χ4n) is 1.98. The normalized spacial score (nSPS) is 10.3. The van der Waals surface area contributed by atoms with Gasteiger partial charge in [-0.3, -0.25) is 0 Å². The van der Waals surface area contributed by atoms with Crippen LogP contribution in [-0.4, -0.2) is 14.2 Å². The Bertz CT molecular complexity index is 553. The summed E-state index contributed by atoms with van der Waals surface area (Å²) in [5.74, 6) is 1.49. The molecule has 0 aromatic heterocycles. The first-order chi connectivity index (χ1) is 9.72. The zero-order chi connectivity index (χ0) is 14.4. The number of nitrogen functional groups attached to an aromatic ring is 1. The Morgan fingerprint density at radius 3 is 2.10 bits per heavy atom. The molecule has 4 nitrogen and oxygen atoms in total. The lowest BCUT2D eigenvalue weighted by molar-refractivity contribution is 0.354. The van der Waals surface area contributed by atoms with Crippen molar-refractivity contribution in [3.05, 3.63) is 53.6 Å². The summed E-state index contributed by atoms with van der Waals surface area (Å²) >= 11 is 0. The molecule has 0 heterocycles. The molecule has 2 rings (SSSR count). The van der Waals surface area contributed by atoms with Crippen molar-refractivity contribution in [3.63, 3.8) is 0 Å². The van der Waals surface area contributed by atoms with Gasteiger partial charge in [-0.25, -0.2) is 0 Å². The molecule has 0 radical (unpaired) electrons. The van der Waals surface area contributed by atoms with Crippen molar-refractivity contribution >= 4 is 5.69 Å². The molecule has 0 amide bonds. The molecule has 0 aliphatic heterocycles. The standard InChI is InChI=1S/C16H20N2O2/c1-19-15-8-5-13(9-16(15)20-2)11-18-10-12-3-6-14(17)7-4-12/h3-9,18H,10-11,17H2,1-2H3. The summed E-state index contributed by atoms with van der Waals surface area (Å²) in [7, 11) is 3.28. The third kappa shape index (κ3) is 3.65. The van der Waals surface area contributed by atoms with Crippen LogP contribution in [0.2, 0.25) is 0 Å². The van der Waals surface area contributed by atoms with Crippen LogP contribution in [0.1, 0.15) is 11.1 Å². The Balaban J connectivity index is 1.92. The molecule has 106 valence electrons.